The lowest BCUT2D eigenvalue weighted by Gasteiger charge is -2.27. The number of benzene rings is 1. The number of urea groups is 1. The van der Waals surface area contributed by atoms with Gasteiger partial charge >= 0.3 is 11.5 Å². The highest BCUT2D eigenvalue weighted by atomic mass is 32.2. The molecular weight excluding hydrogens is 453 g/mol. The van der Waals surface area contributed by atoms with Gasteiger partial charge in [0.1, 0.15) is 12.7 Å². The van der Waals surface area contributed by atoms with E-state index in [1.165, 1.54) is 48.4 Å². The Morgan fingerprint density at radius 1 is 1.03 bits per heavy atom. The number of rotatable bonds is 6. The third kappa shape index (κ3) is 5.33. The summed E-state index contributed by atoms with van der Waals surface area (Å²) in [6.07, 6.45) is 9.60. The summed E-state index contributed by atoms with van der Waals surface area (Å²) in [5.41, 5.74) is -3.30. The zero-order valence-electron chi connectivity index (χ0n) is 18.2. The molecular formula is C23H26F3N4O2S+. The van der Waals surface area contributed by atoms with E-state index in [2.05, 4.69) is 9.88 Å². The predicted octanol–water partition coefficient (Wildman–Crippen LogP) is 4.78. The van der Waals surface area contributed by atoms with Gasteiger partial charge < -0.3 is 0 Å². The molecule has 3 amide bonds. The Kier molecular flexibility index (Phi) is 6.94. The summed E-state index contributed by atoms with van der Waals surface area (Å²) in [5, 5.41) is 3.11. The van der Waals surface area contributed by atoms with E-state index in [1.807, 2.05) is 24.5 Å². The minimum atomic E-state index is -4.40. The van der Waals surface area contributed by atoms with Crippen LogP contribution in [0.1, 0.15) is 49.9 Å². The first-order valence-corrected chi connectivity index (χ1v) is 11.8. The summed E-state index contributed by atoms with van der Waals surface area (Å²) in [7, 11) is 1.72. The van der Waals surface area contributed by atoms with E-state index in [-0.39, 0.29) is 28.9 Å². The number of aromatic nitrogens is 1. The van der Waals surface area contributed by atoms with Crippen LogP contribution in [0.25, 0.3) is 0 Å². The molecule has 1 aliphatic heterocycles. The number of nitrogens with one attached hydrogen (secondary N) is 1. The number of hydrogen-bond donors (Lipinski definition) is 1. The van der Waals surface area contributed by atoms with Crippen molar-refractivity contribution in [3.05, 3.63) is 54.4 Å². The van der Waals surface area contributed by atoms with Gasteiger partial charge in [0.2, 0.25) is 0 Å². The Morgan fingerprint density at radius 3 is 2.24 bits per heavy atom. The van der Waals surface area contributed by atoms with Crippen molar-refractivity contribution in [3.8, 4) is 0 Å². The van der Waals surface area contributed by atoms with Crippen molar-refractivity contribution in [2.45, 2.75) is 54.7 Å². The van der Waals surface area contributed by atoms with Gasteiger partial charge in [0.15, 0.2) is 18.4 Å². The van der Waals surface area contributed by atoms with E-state index in [0.29, 0.717) is 6.04 Å². The number of hydrogen-bond acceptors (Lipinski definition) is 4. The van der Waals surface area contributed by atoms with Crippen LogP contribution in [0.4, 0.5) is 23.7 Å². The maximum absolute atomic E-state index is 13.1. The van der Waals surface area contributed by atoms with Crippen LogP contribution in [0.15, 0.2) is 53.7 Å². The summed E-state index contributed by atoms with van der Waals surface area (Å²) in [6.45, 7) is -0.124. The van der Waals surface area contributed by atoms with Crippen LogP contribution in [0, 0.1) is 0 Å². The number of amides is 3. The molecule has 0 bridgehead atoms. The predicted molar refractivity (Wildman–Crippen MR) is 119 cm³/mol. The molecule has 1 unspecified atom stereocenters. The number of alkyl halides is 3. The Hall–Kier alpha value is -2.59. The number of pyridine rings is 1. The van der Waals surface area contributed by atoms with Crippen molar-refractivity contribution in [1.29, 1.82) is 0 Å². The Morgan fingerprint density at radius 2 is 1.67 bits per heavy atom. The standard InChI is InChI=1S/C23H26F3N4O2S/c1-27-21(16-11-13-28(14-12-16)17-5-3-2-4-6-17)29-15-20(31)30(22(29)32)18-7-9-19(10-8-18)33-23(24,25)26/h7-14,17,21,27H,2-6,15H2,1H3/q+1. The molecule has 0 radical (unpaired) electrons. The lowest BCUT2D eigenvalue weighted by Crippen LogP contribution is -2.42. The molecule has 1 aliphatic carbocycles. The van der Waals surface area contributed by atoms with Gasteiger partial charge in [0, 0.05) is 35.4 Å². The maximum Gasteiger partial charge on any atom is 0.446 e. The summed E-state index contributed by atoms with van der Waals surface area (Å²) < 4.78 is 39.9. The van der Waals surface area contributed by atoms with Crippen LogP contribution >= 0.6 is 11.8 Å². The molecule has 1 saturated carbocycles. The Balaban J connectivity index is 1.49. The zero-order valence-corrected chi connectivity index (χ0v) is 19.0. The van der Waals surface area contributed by atoms with Crippen molar-refractivity contribution < 1.29 is 27.3 Å². The second-order valence-corrected chi connectivity index (χ2v) is 9.38. The zero-order chi connectivity index (χ0) is 23.6. The van der Waals surface area contributed by atoms with Gasteiger partial charge in [-0.3, -0.25) is 15.0 Å². The first-order valence-electron chi connectivity index (χ1n) is 10.9. The largest absolute Gasteiger partial charge is 0.446 e. The van der Waals surface area contributed by atoms with Gasteiger partial charge in [-0.05, 0) is 55.9 Å². The van der Waals surface area contributed by atoms with E-state index in [0.717, 1.165) is 23.3 Å². The molecule has 4 rings (SSSR count). The number of anilines is 1. The maximum atomic E-state index is 13.1. The molecule has 2 heterocycles. The Bertz CT molecular complexity index is 992. The van der Waals surface area contributed by atoms with Crippen molar-refractivity contribution in [2.75, 3.05) is 18.5 Å². The molecule has 0 spiro atoms. The van der Waals surface area contributed by atoms with Gasteiger partial charge in [-0.2, -0.15) is 13.2 Å². The minimum absolute atomic E-state index is 0.00846. The van der Waals surface area contributed by atoms with Gasteiger partial charge in [-0.25, -0.2) is 14.3 Å². The monoisotopic (exact) mass is 479 g/mol. The normalized spacial score (nSPS) is 18.8. The first kappa shape index (κ1) is 23.6. The van der Waals surface area contributed by atoms with E-state index in [9.17, 15) is 22.8 Å². The molecule has 2 fully saturated rings. The van der Waals surface area contributed by atoms with Crippen LogP contribution in [-0.2, 0) is 4.79 Å². The average Bonchev–Trinajstić information content (AvgIpc) is 3.09. The van der Waals surface area contributed by atoms with Crippen molar-refractivity contribution in [2.24, 2.45) is 0 Å². The highest BCUT2D eigenvalue weighted by Gasteiger charge is 2.41. The second-order valence-electron chi connectivity index (χ2n) is 8.24. The average molecular weight is 480 g/mol. The van der Waals surface area contributed by atoms with Gasteiger partial charge in [-0.15, -0.1) is 0 Å². The van der Waals surface area contributed by atoms with Crippen LogP contribution in [0.2, 0.25) is 0 Å². The molecule has 1 aromatic carbocycles. The molecule has 1 atom stereocenters. The third-order valence-electron chi connectivity index (χ3n) is 6.10. The van der Waals surface area contributed by atoms with E-state index < -0.39 is 23.6 Å². The summed E-state index contributed by atoms with van der Waals surface area (Å²) in [6, 6.07) is 9.12. The van der Waals surface area contributed by atoms with Crippen molar-refractivity contribution >= 4 is 29.4 Å². The molecule has 1 N–H and O–H groups in total. The smallest absolute Gasteiger partial charge is 0.296 e. The highest BCUT2D eigenvalue weighted by Crippen LogP contribution is 2.38. The number of thioether (sulfide) groups is 1. The summed E-state index contributed by atoms with van der Waals surface area (Å²) in [5.74, 6) is -0.426. The lowest BCUT2D eigenvalue weighted by molar-refractivity contribution is -0.725. The SMILES string of the molecule is CNC(c1cc[n+](C2CCCCC2)cc1)N1CC(=O)N(c2ccc(SC(F)(F)F)cc2)C1=O. The molecule has 10 heteroatoms. The van der Waals surface area contributed by atoms with Gasteiger partial charge in [0.05, 0.1) is 5.69 Å². The quantitative estimate of drug-likeness (QED) is 0.368. The number of nitrogens with zero attached hydrogens (tertiary/aromatic N) is 3. The van der Waals surface area contributed by atoms with E-state index in [4.69, 9.17) is 0 Å². The van der Waals surface area contributed by atoms with Crippen LogP contribution < -0.4 is 14.8 Å². The fourth-order valence-electron chi connectivity index (χ4n) is 4.53. The third-order valence-corrected chi connectivity index (χ3v) is 6.84. The number of carbonyl (C=O) groups excluding carboxylic acids is 2. The lowest BCUT2D eigenvalue weighted by atomic mass is 9.95. The van der Waals surface area contributed by atoms with Crippen molar-refractivity contribution in [3.63, 3.8) is 0 Å². The molecule has 6 nitrogen and oxygen atoms in total. The van der Waals surface area contributed by atoms with Gasteiger partial charge in [-0.1, -0.05) is 6.42 Å². The molecule has 2 aromatic rings. The fraction of sp³-hybridized carbons (Fsp3) is 0.435. The number of halogens is 3. The summed E-state index contributed by atoms with van der Waals surface area (Å²) >= 11 is -0.240. The van der Waals surface area contributed by atoms with Crippen LogP contribution in [0.3, 0.4) is 0 Å². The van der Waals surface area contributed by atoms with E-state index >= 15 is 0 Å². The minimum Gasteiger partial charge on any atom is -0.296 e. The Labute approximate surface area is 194 Å². The number of imide groups is 1. The first-order chi connectivity index (χ1) is 15.8. The molecule has 33 heavy (non-hydrogen) atoms. The van der Waals surface area contributed by atoms with Crippen LogP contribution in [0.5, 0.6) is 0 Å². The topological polar surface area (TPSA) is 56.5 Å². The van der Waals surface area contributed by atoms with Crippen molar-refractivity contribution in [1.82, 2.24) is 10.2 Å². The summed E-state index contributed by atoms with van der Waals surface area (Å²) in [4.78, 5) is 28.2. The van der Waals surface area contributed by atoms with Crippen LogP contribution in [-0.4, -0.2) is 35.9 Å². The van der Waals surface area contributed by atoms with Gasteiger partial charge in [0.25, 0.3) is 5.91 Å². The molecule has 2 aliphatic rings. The second kappa shape index (κ2) is 9.72. The molecule has 1 saturated heterocycles. The molecule has 176 valence electrons. The number of carbonyl (C=O) groups is 2. The highest BCUT2D eigenvalue weighted by molar-refractivity contribution is 8.00. The fourth-order valence-corrected chi connectivity index (χ4v) is 5.07. The van der Waals surface area contributed by atoms with E-state index in [1.54, 1.807) is 7.05 Å². The molecule has 1 aromatic heterocycles.